The van der Waals surface area contributed by atoms with Crippen molar-refractivity contribution < 1.29 is 4.79 Å². The third-order valence-electron chi connectivity index (χ3n) is 4.54. The van der Waals surface area contributed by atoms with Crippen LogP contribution in [0.2, 0.25) is 5.15 Å². The molecule has 1 aromatic carbocycles. The predicted molar refractivity (Wildman–Crippen MR) is 108 cm³/mol. The summed E-state index contributed by atoms with van der Waals surface area (Å²) in [5.41, 5.74) is 4.33. The summed E-state index contributed by atoms with van der Waals surface area (Å²) in [4.78, 5) is 17.0. The van der Waals surface area contributed by atoms with E-state index in [9.17, 15) is 4.79 Å². The number of aryl methyl sites for hydroxylation is 1. The molecule has 0 bridgehead atoms. The van der Waals surface area contributed by atoms with Crippen LogP contribution < -0.4 is 5.32 Å². The Kier molecular flexibility index (Phi) is 5.14. The van der Waals surface area contributed by atoms with Crippen LogP contribution in [-0.4, -0.2) is 15.5 Å². The number of benzene rings is 1. The smallest absolute Gasteiger partial charge is 0.272 e. The maximum Gasteiger partial charge on any atom is 0.272 e. The van der Waals surface area contributed by atoms with Gasteiger partial charge >= 0.3 is 0 Å². The van der Waals surface area contributed by atoms with Crippen LogP contribution >= 0.6 is 11.6 Å². The zero-order valence-electron chi connectivity index (χ0n) is 15.2. The molecule has 0 fully saturated rings. The van der Waals surface area contributed by atoms with Gasteiger partial charge in [0.15, 0.2) is 5.15 Å². The van der Waals surface area contributed by atoms with Crippen LogP contribution in [0.1, 0.15) is 41.4 Å². The Morgan fingerprint density at radius 2 is 2.15 bits per heavy atom. The third kappa shape index (κ3) is 3.25. The highest BCUT2D eigenvalue weighted by molar-refractivity contribution is 6.32. The Morgan fingerprint density at radius 3 is 2.81 bits per heavy atom. The van der Waals surface area contributed by atoms with E-state index >= 15 is 0 Å². The molecule has 0 saturated heterocycles. The summed E-state index contributed by atoms with van der Waals surface area (Å²) in [5, 5.41) is 4.23. The summed E-state index contributed by atoms with van der Waals surface area (Å²) in [6.45, 7) is 10.7. The number of fused-ring (bicyclic) bond motifs is 1. The van der Waals surface area contributed by atoms with Crippen molar-refractivity contribution >= 4 is 34.1 Å². The van der Waals surface area contributed by atoms with Gasteiger partial charge in [-0.3, -0.25) is 4.79 Å². The van der Waals surface area contributed by atoms with Gasteiger partial charge in [-0.15, -0.1) is 6.58 Å². The second-order valence-electron chi connectivity index (χ2n) is 6.60. The summed E-state index contributed by atoms with van der Waals surface area (Å²) in [5.74, 6) is 0.217. The first kappa shape index (κ1) is 18.2. The number of allylic oxidation sites excluding steroid dienone is 1. The van der Waals surface area contributed by atoms with Crippen molar-refractivity contribution in [1.29, 1.82) is 0 Å². The predicted octanol–water partition coefficient (Wildman–Crippen LogP) is 5.56. The molecule has 1 amide bonds. The quantitative estimate of drug-likeness (QED) is 0.474. The van der Waals surface area contributed by atoms with Gasteiger partial charge in [0.25, 0.3) is 5.91 Å². The van der Waals surface area contributed by atoms with E-state index in [2.05, 4.69) is 48.9 Å². The first-order valence-electron chi connectivity index (χ1n) is 8.59. The Labute approximate surface area is 158 Å². The van der Waals surface area contributed by atoms with Gasteiger partial charge in [0, 0.05) is 23.6 Å². The van der Waals surface area contributed by atoms with Crippen molar-refractivity contribution in [3.63, 3.8) is 0 Å². The lowest BCUT2D eigenvalue weighted by Crippen LogP contribution is -2.18. The maximum atomic E-state index is 13.0. The van der Waals surface area contributed by atoms with Crippen LogP contribution in [0.25, 0.3) is 10.9 Å². The van der Waals surface area contributed by atoms with Gasteiger partial charge in [-0.05, 0) is 48.2 Å². The van der Waals surface area contributed by atoms with Crippen LogP contribution in [0.3, 0.4) is 0 Å². The molecular formula is C21H22ClN3O. The van der Waals surface area contributed by atoms with Crippen LogP contribution in [-0.2, 0) is 6.54 Å². The largest absolute Gasteiger partial charge is 0.332 e. The van der Waals surface area contributed by atoms with Gasteiger partial charge in [0.05, 0.1) is 5.69 Å². The summed E-state index contributed by atoms with van der Waals surface area (Å²) < 4.78 is 1.99. The van der Waals surface area contributed by atoms with Crippen molar-refractivity contribution in [3.05, 3.63) is 71.2 Å². The van der Waals surface area contributed by atoms with E-state index in [-0.39, 0.29) is 11.1 Å². The zero-order chi connectivity index (χ0) is 18.8. The summed E-state index contributed by atoms with van der Waals surface area (Å²) >= 11 is 6.08. The topological polar surface area (TPSA) is 46.9 Å². The molecule has 0 unspecified atom stereocenters. The van der Waals surface area contributed by atoms with E-state index in [1.807, 2.05) is 11.5 Å². The standard InChI is InChI=1S/C21H22ClN3O/c1-5-11-25-18-9-8-15(13(2)3)12-16(18)14(4)19(25)21(26)24-17-7-6-10-23-20(17)22/h5-10,12-13H,1,11H2,2-4H3,(H,24,26). The molecule has 4 nitrogen and oxygen atoms in total. The minimum Gasteiger partial charge on any atom is -0.332 e. The fraction of sp³-hybridized carbons (Fsp3) is 0.238. The van der Waals surface area contributed by atoms with E-state index in [4.69, 9.17) is 11.6 Å². The number of hydrogen-bond acceptors (Lipinski definition) is 2. The van der Waals surface area contributed by atoms with Gasteiger partial charge in [0.2, 0.25) is 0 Å². The number of nitrogens with one attached hydrogen (secondary N) is 1. The van der Waals surface area contributed by atoms with Crippen molar-refractivity contribution in [1.82, 2.24) is 9.55 Å². The minimum atomic E-state index is -0.207. The molecule has 2 aromatic heterocycles. The summed E-state index contributed by atoms with van der Waals surface area (Å²) in [6, 6.07) is 9.84. The molecule has 0 aliphatic carbocycles. The molecule has 0 radical (unpaired) electrons. The highest BCUT2D eigenvalue weighted by Crippen LogP contribution is 2.30. The number of carbonyl (C=O) groups excluding carboxylic acids is 1. The lowest BCUT2D eigenvalue weighted by Gasteiger charge is -2.11. The van der Waals surface area contributed by atoms with Gasteiger partial charge in [-0.25, -0.2) is 4.98 Å². The van der Waals surface area contributed by atoms with Crippen LogP contribution in [0.5, 0.6) is 0 Å². The molecule has 0 spiro atoms. The van der Waals surface area contributed by atoms with Crippen molar-refractivity contribution in [2.45, 2.75) is 33.2 Å². The molecule has 2 heterocycles. The van der Waals surface area contributed by atoms with E-state index in [0.717, 1.165) is 16.5 Å². The number of amides is 1. The summed E-state index contributed by atoms with van der Waals surface area (Å²) in [7, 11) is 0. The van der Waals surface area contributed by atoms with Crippen LogP contribution in [0.4, 0.5) is 5.69 Å². The fourth-order valence-corrected chi connectivity index (χ4v) is 3.34. The van der Waals surface area contributed by atoms with Crippen LogP contribution in [0.15, 0.2) is 49.2 Å². The Bertz CT molecular complexity index is 988. The second-order valence-corrected chi connectivity index (χ2v) is 6.96. The monoisotopic (exact) mass is 367 g/mol. The zero-order valence-corrected chi connectivity index (χ0v) is 16.0. The lowest BCUT2D eigenvalue weighted by molar-refractivity contribution is 0.101. The molecule has 134 valence electrons. The highest BCUT2D eigenvalue weighted by atomic mass is 35.5. The third-order valence-corrected chi connectivity index (χ3v) is 4.84. The number of nitrogens with zero attached hydrogens (tertiary/aromatic N) is 2. The SMILES string of the molecule is C=CCn1c(C(=O)Nc2cccnc2Cl)c(C)c2cc(C(C)C)ccc21. The van der Waals surface area contributed by atoms with Crippen LogP contribution in [0, 0.1) is 6.92 Å². The molecule has 0 atom stereocenters. The maximum absolute atomic E-state index is 13.0. The molecule has 26 heavy (non-hydrogen) atoms. The molecular weight excluding hydrogens is 346 g/mol. The Hall–Kier alpha value is -2.59. The number of hydrogen-bond donors (Lipinski definition) is 1. The normalized spacial score (nSPS) is 11.1. The van der Waals surface area contributed by atoms with E-state index in [1.165, 1.54) is 5.56 Å². The minimum absolute atomic E-state index is 0.207. The van der Waals surface area contributed by atoms with Crippen molar-refractivity contribution in [3.8, 4) is 0 Å². The molecule has 0 aliphatic heterocycles. The second kappa shape index (κ2) is 7.34. The average Bonchev–Trinajstić information content (AvgIpc) is 2.89. The first-order chi connectivity index (χ1) is 12.4. The number of pyridine rings is 1. The highest BCUT2D eigenvalue weighted by Gasteiger charge is 2.21. The summed E-state index contributed by atoms with van der Waals surface area (Å²) in [6.07, 6.45) is 3.38. The Morgan fingerprint density at radius 1 is 1.38 bits per heavy atom. The number of halogens is 1. The van der Waals surface area contributed by atoms with Gasteiger partial charge in [0.1, 0.15) is 5.69 Å². The Balaban J connectivity index is 2.13. The number of aromatic nitrogens is 2. The molecule has 3 rings (SSSR count). The molecule has 5 heteroatoms. The van der Waals surface area contributed by atoms with Gasteiger partial charge in [-0.1, -0.05) is 37.6 Å². The van der Waals surface area contributed by atoms with Gasteiger partial charge < -0.3 is 9.88 Å². The molecule has 3 aromatic rings. The fourth-order valence-electron chi connectivity index (χ4n) is 3.17. The van der Waals surface area contributed by atoms with E-state index in [0.29, 0.717) is 23.8 Å². The molecule has 0 aliphatic rings. The molecule has 1 N–H and O–H groups in total. The molecule has 0 saturated carbocycles. The number of rotatable bonds is 5. The average molecular weight is 368 g/mol. The first-order valence-corrected chi connectivity index (χ1v) is 8.97. The number of anilines is 1. The lowest BCUT2D eigenvalue weighted by atomic mass is 10.0. The van der Waals surface area contributed by atoms with E-state index in [1.54, 1.807) is 24.4 Å². The van der Waals surface area contributed by atoms with Crippen molar-refractivity contribution in [2.75, 3.05) is 5.32 Å². The van der Waals surface area contributed by atoms with Crippen molar-refractivity contribution in [2.24, 2.45) is 0 Å². The van der Waals surface area contributed by atoms with Gasteiger partial charge in [-0.2, -0.15) is 0 Å². The van der Waals surface area contributed by atoms with E-state index < -0.39 is 0 Å². The number of carbonyl (C=O) groups is 1.